The number of thiazole rings is 1. The maximum atomic E-state index is 13.8. The standard InChI is InChI=1S/C17H20F2N4OS/c18-13-4-1-5-14(19)12(13)9-23-6-2-3-11(8-23)21-17(24)15-10-25-16(7-20)22-15/h1,4-5,10-11H,2-3,6-9,20H2,(H,21,24). The summed E-state index contributed by atoms with van der Waals surface area (Å²) in [6.45, 7) is 1.80. The Hall–Kier alpha value is -1.90. The maximum Gasteiger partial charge on any atom is 0.271 e. The van der Waals surface area contributed by atoms with Crippen molar-refractivity contribution in [1.82, 2.24) is 15.2 Å². The first-order valence-electron chi connectivity index (χ1n) is 8.17. The van der Waals surface area contributed by atoms with E-state index in [0.717, 1.165) is 19.4 Å². The Labute approximate surface area is 148 Å². The largest absolute Gasteiger partial charge is 0.347 e. The number of amides is 1. The van der Waals surface area contributed by atoms with Gasteiger partial charge in [-0.3, -0.25) is 9.69 Å². The number of nitrogens with one attached hydrogen (secondary N) is 1. The van der Waals surface area contributed by atoms with Crippen molar-refractivity contribution in [2.75, 3.05) is 13.1 Å². The van der Waals surface area contributed by atoms with Gasteiger partial charge in [-0.2, -0.15) is 0 Å². The van der Waals surface area contributed by atoms with Gasteiger partial charge in [-0.05, 0) is 31.5 Å². The van der Waals surface area contributed by atoms with E-state index in [9.17, 15) is 13.6 Å². The number of piperidine rings is 1. The average molecular weight is 366 g/mol. The summed E-state index contributed by atoms with van der Waals surface area (Å²) in [4.78, 5) is 18.4. The zero-order chi connectivity index (χ0) is 17.8. The number of nitrogens with two attached hydrogens (primary N) is 1. The van der Waals surface area contributed by atoms with E-state index in [1.165, 1.54) is 29.5 Å². The lowest BCUT2D eigenvalue weighted by Gasteiger charge is -2.33. The van der Waals surface area contributed by atoms with Gasteiger partial charge in [-0.1, -0.05) is 6.07 Å². The molecule has 5 nitrogen and oxygen atoms in total. The number of aromatic nitrogens is 1. The predicted octanol–water partition coefficient (Wildman–Crippen LogP) is 2.27. The Bertz CT molecular complexity index is 732. The van der Waals surface area contributed by atoms with E-state index in [1.54, 1.807) is 5.38 Å². The molecule has 1 fully saturated rings. The van der Waals surface area contributed by atoms with Gasteiger partial charge in [0.1, 0.15) is 22.3 Å². The minimum atomic E-state index is -0.539. The second kappa shape index (κ2) is 7.99. The predicted molar refractivity (Wildman–Crippen MR) is 92.1 cm³/mol. The first kappa shape index (κ1) is 17.9. The summed E-state index contributed by atoms with van der Waals surface area (Å²) in [6, 6.07) is 3.81. The topological polar surface area (TPSA) is 71.2 Å². The van der Waals surface area contributed by atoms with Crippen molar-refractivity contribution in [3.05, 3.63) is 51.5 Å². The number of carbonyl (C=O) groups excluding carboxylic acids is 1. The highest BCUT2D eigenvalue weighted by molar-refractivity contribution is 7.09. The van der Waals surface area contributed by atoms with Crippen molar-refractivity contribution in [2.24, 2.45) is 5.73 Å². The van der Waals surface area contributed by atoms with Crippen molar-refractivity contribution < 1.29 is 13.6 Å². The number of rotatable bonds is 5. The smallest absolute Gasteiger partial charge is 0.271 e. The number of halogens is 2. The number of hydrogen-bond donors (Lipinski definition) is 2. The highest BCUT2D eigenvalue weighted by atomic mass is 32.1. The fourth-order valence-corrected chi connectivity index (χ4v) is 3.65. The first-order valence-corrected chi connectivity index (χ1v) is 9.05. The fraction of sp³-hybridized carbons (Fsp3) is 0.412. The van der Waals surface area contributed by atoms with Crippen LogP contribution in [0.2, 0.25) is 0 Å². The summed E-state index contributed by atoms with van der Waals surface area (Å²) in [6.07, 6.45) is 1.68. The molecule has 1 unspecified atom stereocenters. The number of benzene rings is 1. The second-order valence-corrected chi connectivity index (χ2v) is 7.02. The Balaban J connectivity index is 1.60. The molecule has 0 saturated carbocycles. The van der Waals surface area contributed by atoms with Crippen molar-refractivity contribution in [3.63, 3.8) is 0 Å². The Kier molecular flexibility index (Phi) is 5.72. The van der Waals surface area contributed by atoms with E-state index in [-0.39, 0.29) is 24.1 Å². The fourth-order valence-electron chi connectivity index (χ4n) is 2.99. The number of hydrogen-bond acceptors (Lipinski definition) is 5. The van der Waals surface area contributed by atoms with Gasteiger partial charge in [0.15, 0.2) is 0 Å². The van der Waals surface area contributed by atoms with Gasteiger partial charge in [0.2, 0.25) is 0 Å². The molecule has 2 aromatic rings. The molecule has 1 atom stereocenters. The third kappa shape index (κ3) is 4.39. The van der Waals surface area contributed by atoms with Crippen molar-refractivity contribution >= 4 is 17.2 Å². The molecule has 1 amide bonds. The second-order valence-electron chi connectivity index (χ2n) is 6.08. The number of carbonyl (C=O) groups is 1. The summed E-state index contributed by atoms with van der Waals surface area (Å²) in [5, 5.41) is 5.35. The van der Waals surface area contributed by atoms with Gasteiger partial charge in [0.25, 0.3) is 5.91 Å². The minimum Gasteiger partial charge on any atom is -0.347 e. The molecule has 0 spiro atoms. The summed E-state index contributed by atoms with van der Waals surface area (Å²) in [5.74, 6) is -1.31. The first-order chi connectivity index (χ1) is 12.1. The zero-order valence-corrected chi connectivity index (χ0v) is 14.5. The summed E-state index contributed by atoms with van der Waals surface area (Å²) < 4.78 is 27.6. The van der Waals surface area contributed by atoms with Crippen molar-refractivity contribution in [1.29, 1.82) is 0 Å². The lowest BCUT2D eigenvalue weighted by Crippen LogP contribution is -2.47. The van der Waals surface area contributed by atoms with E-state index in [4.69, 9.17) is 5.73 Å². The van der Waals surface area contributed by atoms with Crippen LogP contribution in [0.15, 0.2) is 23.6 Å². The van der Waals surface area contributed by atoms with Crippen LogP contribution in [0.5, 0.6) is 0 Å². The molecule has 0 bridgehead atoms. The molecule has 0 radical (unpaired) electrons. The van der Waals surface area contributed by atoms with Crippen LogP contribution in [-0.4, -0.2) is 34.9 Å². The van der Waals surface area contributed by atoms with Gasteiger partial charge < -0.3 is 11.1 Å². The average Bonchev–Trinajstić information content (AvgIpc) is 3.08. The van der Waals surface area contributed by atoms with Gasteiger partial charge in [0, 0.05) is 36.6 Å². The molecular weight excluding hydrogens is 346 g/mol. The monoisotopic (exact) mass is 366 g/mol. The van der Waals surface area contributed by atoms with E-state index in [1.807, 2.05) is 4.90 Å². The minimum absolute atomic E-state index is 0.0703. The molecule has 2 heterocycles. The third-order valence-corrected chi connectivity index (χ3v) is 5.11. The molecule has 1 aliphatic rings. The van der Waals surface area contributed by atoms with E-state index < -0.39 is 11.6 Å². The SMILES string of the molecule is NCc1nc(C(=O)NC2CCCN(Cc3c(F)cccc3F)C2)cs1. The Morgan fingerprint density at radius 3 is 2.84 bits per heavy atom. The highest BCUT2D eigenvalue weighted by Crippen LogP contribution is 2.19. The van der Waals surface area contributed by atoms with Gasteiger partial charge in [-0.15, -0.1) is 11.3 Å². The molecule has 25 heavy (non-hydrogen) atoms. The van der Waals surface area contributed by atoms with Gasteiger partial charge >= 0.3 is 0 Å². The third-order valence-electron chi connectivity index (χ3n) is 4.24. The van der Waals surface area contributed by atoms with Gasteiger partial charge in [-0.25, -0.2) is 13.8 Å². The summed E-state index contributed by atoms with van der Waals surface area (Å²) >= 11 is 1.35. The molecule has 1 saturated heterocycles. The lowest BCUT2D eigenvalue weighted by atomic mass is 10.0. The van der Waals surface area contributed by atoms with E-state index in [0.29, 0.717) is 23.8 Å². The zero-order valence-electron chi connectivity index (χ0n) is 13.7. The van der Waals surface area contributed by atoms with Crippen LogP contribution in [0, 0.1) is 11.6 Å². The van der Waals surface area contributed by atoms with Crippen LogP contribution in [0.3, 0.4) is 0 Å². The summed E-state index contributed by atoms with van der Waals surface area (Å²) in [5.41, 5.74) is 5.95. The van der Waals surface area contributed by atoms with Crippen LogP contribution < -0.4 is 11.1 Å². The Morgan fingerprint density at radius 2 is 2.16 bits per heavy atom. The Morgan fingerprint density at radius 1 is 1.40 bits per heavy atom. The van der Waals surface area contributed by atoms with Crippen LogP contribution in [0.1, 0.15) is 33.9 Å². The number of likely N-dealkylation sites (tertiary alicyclic amines) is 1. The molecule has 1 aromatic carbocycles. The normalized spacial score (nSPS) is 18.3. The molecule has 1 aliphatic heterocycles. The molecule has 0 aliphatic carbocycles. The van der Waals surface area contributed by atoms with Crippen molar-refractivity contribution in [3.8, 4) is 0 Å². The van der Waals surface area contributed by atoms with Crippen molar-refractivity contribution in [2.45, 2.75) is 32.0 Å². The lowest BCUT2D eigenvalue weighted by molar-refractivity contribution is 0.0895. The highest BCUT2D eigenvalue weighted by Gasteiger charge is 2.24. The van der Waals surface area contributed by atoms with Crippen LogP contribution in [0.4, 0.5) is 8.78 Å². The molecule has 3 rings (SSSR count). The van der Waals surface area contributed by atoms with Crippen LogP contribution in [-0.2, 0) is 13.1 Å². The maximum absolute atomic E-state index is 13.8. The number of nitrogens with zero attached hydrogens (tertiary/aromatic N) is 2. The van der Waals surface area contributed by atoms with Crippen LogP contribution >= 0.6 is 11.3 Å². The quantitative estimate of drug-likeness (QED) is 0.852. The van der Waals surface area contributed by atoms with E-state index >= 15 is 0 Å². The summed E-state index contributed by atoms with van der Waals surface area (Å²) in [7, 11) is 0. The van der Waals surface area contributed by atoms with Crippen LogP contribution in [0.25, 0.3) is 0 Å². The molecule has 1 aromatic heterocycles. The van der Waals surface area contributed by atoms with E-state index in [2.05, 4.69) is 10.3 Å². The van der Waals surface area contributed by atoms with Gasteiger partial charge in [0.05, 0.1) is 0 Å². The molecule has 3 N–H and O–H groups in total. The molecule has 8 heteroatoms. The molecule has 134 valence electrons. The molecular formula is C17H20F2N4OS.